The molecule has 106 valence electrons. The molecule has 0 atom stereocenters. The molecule has 0 bridgehead atoms. The van der Waals surface area contributed by atoms with E-state index in [0.29, 0.717) is 12.5 Å². The maximum absolute atomic E-state index is 13.9. The monoisotopic (exact) mass is 268 g/mol. The minimum atomic E-state index is -2.79. The highest BCUT2D eigenvalue weighted by atomic mass is 19.3. The molecule has 2 rings (SSSR count). The summed E-state index contributed by atoms with van der Waals surface area (Å²) in [6, 6.07) is 8.03. The molecular weight excluding hydrogens is 246 g/mol. The minimum absolute atomic E-state index is 0.0888. The Hall–Kier alpha value is -1.00. The Morgan fingerprint density at radius 3 is 2.47 bits per heavy atom. The zero-order chi connectivity index (χ0) is 13.7. The topological polar surface area (TPSA) is 15.3 Å². The minimum Gasteiger partial charge on any atom is -0.311 e. The molecule has 1 aliphatic rings. The van der Waals surface area contributed by atoms with Gasteiger partial charge < -0.3 is 10.2 Å². The van der Waals surface area contributed by atoms with Gasteiger partial charge in [0.05, 0.1) is 6.54 Å². The Bertz CT molecular complexity index is 373. The normalized spacial score (nSPS) is 18.7. The average Bonchev–Trinajstić information content (AvgIpc) is 2.42. The molecule has 0 radical (unpaired) electrons. The Balaban J connectivity index is 1.76. The van der Waals surface area contributed by atoms with Gasteiger partial charge in [-0.2, -0.15) is 8.78 Å². The molecule has 2 nitrogen and oxygen atoms in total. The van der Waals surface area contributed by atoms with Crippen LogP contribution in [-0.4, -0.2) is 38.1 Å². The highest BCUT2D eigenvalue weighted by molar-refractivity contribution is 5.20. The van der Waals surface area contributed by atoms with Crippen LogP contribution in [0.5, 0.6) is 0 Å². The maximum atomic E-state index is 13.9. The lowest BCUT2D eigenvalue weighted by Gasteiger charge is -2.29. The van der Waals surface area contributed by atoms with Gasteiger partial charge in [0, 0.05) is 5.56 Å². The summed E-state index contributed by atoms with van der Waals surface area (Å²) in [7, 11) is 2.10. The second-order valence-electron chi connectivity index (χ2n) is 5.45. The van der Waals surface area contributed by atoms with Crippen molar-refractivity contribution in [3.63, 3.8) is 0 Å². The summed E-state index contributed by atoms with van der Waals surface area (Å²) >= 11 is 0. The molecule has 1 saturated heterocycles. The van der Waals surface area contributed by atoms with Gasteiger partial charge in [0.15, 0.2) is 0 Å². The van der Waals surface area contributed by atoms with Crippen molar-refractivity contribution >= 4 is 0 Å². The number of piperidine rings is 1. The number of benzene rings is 1. The second-order valence-corrected chi connectivity index (χ2v) is 5.45. The Morgan fingerprint density at radius 2 is 1.84 bits per heavy atom. The van der Waals surface area contributed by atoms with Gasteiger partial charge in [0.25, 0.3) is 5.92 Å². The quantitative estimate of drug-likeness (QED) is 0.883. The molecule has 1 fully saturated rings. The second kappa shape index (κ2) is 6.44. The summed E-state index contributed by atoms with van der Waals surface area (Å²) < 4.78 is 27.8. The van der Waals surface area contributed by atoms with Crippen LogP contribution in [0.1, 0.15) is 18.4 Å². The van der Waals surface area contributed by atoms with Gasteiger partial charge >= 0.3 is 0 Å². The predicted molar refractivity (Wildman–Crippen MR) is 73.4 cm³/mol. The van der Waals surface area contributed by atoms with Crippen LogP contribution in [0.2, 0.25) is 0 Å². The fourth-order valence-corrected chi connectivity index (χ4v) is 2.48. The third kappa shape index (κ3) is 4.25. The highest BCUT2D eigenvalue weighted by Crippen LogP contribution is 2.26. The summed E-state index contributed by atoms with van der Waals surface area (Å²) in [4.78, 5) is 2.29. The number of nitrogens with one attached hydrogen (secondary N) is 1. The summed E-state index contributed by atoms with van der Waals surface area (Å²) in [5.41, 5.74) is 0.0888. The number of hydrogen-bond donors (Lipinski definition) is 1. The molecule has 19 heavy (non-hydrogen) atoms. The largest absolute Gasteiger partial charge is 0.311 e. The SMILES string of the molecule is CN1CCC(CNCC(F)(F)c2ccccc2)CC1. The summed E-state index contributed by atoms with van der Waals surface area (Å²) in [5.74, 6) is -2.25. The van der Waals surface area contributed by atoms with Gasteiger partial charge in [-0.05, 0) is 45.4 Å². The molecule has 0 unspecified atom stereocenters. The summed E-state index contributed by atoms with van der Waals surface area (Å²) in [6.07, 6.45) is 2.20. The number of rotatable bonds is 5. The van der Waals surface area contributed by atoms with Crippen molar-refractivity contribution in [2.75, 3.05) is 33.2 Å². The standard InChI is InChI=1S/C15H22F2N2/c1-19-9-7-13(8-10-19)11-18-12-15(16,17)14-5-3-2-4-6-14/h2-6,13,18H,7-12H2,1H3. The zero-order valence-electron chi connectivity index (χ0n) is 11.4. The maximum Gasteiger partial charge on any atom is 0.285 e. The van der Waals surface area contributed by atoms with Crippen LogP contribution in [0, 0.1) is 5.92 Å². The average molecular weight is 268 g/mol. The lowest BCUT2D eigenvalue weighted by molar-refractivity contribution is -0.00435. The summed E-state index contributed by atoms with van der Waals surface area (Å²) in [5, 5.41) is 2.94. The highest BCUT2D eigenvalue weighted by Gasteiger charge is 2.31. The molecule has 1 aromatic rings. The third-order valence-corrected chi connectivity index (χ3v) is 3.81. The van der Waals surface area contributed by atoms with E-state index in [-0.39, 0.29) is 12.1 Å². The number of nitrogens with zero attached hydrogens (tertiary/aromatic N) is 1. The molecule has 4 heteroatoms. The first-order valence-electron chi connectivity index (χ1n) is 6.90. The first kappa shape index (κ1) is 14.4. The molecule has 0 aromatic heterocycles. The van der Waals surface area contributed by atoms with Crippen LogP contribution in [0.15, 0.2) is 30.3 Å². The van der Waals surface area contributed by atoms with Crippen LogP contribution in [0.25, 0.3) is 0 Å². The van der Waals surface area contributed by atoms with Gasteiger partial charge in [0.2, 0.25) is 0 Å². The van der Waals surface area contributed by atoms with E-state index in [2.05, 4.69) is 17.3 Å². The van der Waals surface area contributed by atoms with Crippen LogP contribution in [-0.2, 0) is 5.92 Å². The van der Waals surface area contributed by atoms with Gasteiger partial charge in [-0.1, -0.05) is 30.3 Å². The van der Waals surface area contributed by atoms with Crippen molar-refractivity contribution in [1.29, 1.82) is 0 Å². The van der Waals surface area contributed by atoms with Gasteiger partial charge in [-0.15, -0.1) is 0 Å². The van der Waals surface area contributed by atoms with Crippen molar-refractivity contribution in [3.8, 4) is 0 Å². The first-order valence-corrected chi connectivity index (χ1v) is 6.90. The smallest absolute Gasteiger partial charge is 0.285 e. The zero-order valence-corrected chi connectivity index (χ0v) is 11.4. The van der Waals surface area contributed by atoms with Gasteiger partial charge in [-0.25, -0.2) is 0 Å². The van der Waals surface area contributed by atoms with Crippen molar-refractivity contribution in [1.82, 2.24) is 10.2 Å². The molecular formula is C15H22F2N2. The van der Waals surface area contributed by atoms with Gasteiger partial charge in [-0.3, -0.25) is 0 Å². The molecule has 0 spiro atoms. The van der Waals surface area contributed by atoms with Crippen LogP contribution < -0.4 is 5.32 Å². The molecule has 1 heterocycles. The lowest BCUT2D eigenvalue weighted by atomic mass is 9.97. The van der Waals surface area contributed by atoms with E-state index in [0.717, 1.165) is 25.9 Å². The first-order chi connectivity index (χ1) is 9.08. The van der Waals surface area contributed by atoms with Crippen molar-refractivity contribution in [2.45, 2.75) is 18.8 Å². The van der Waals surface area contributed by atoms with E-state index in [1.165, 1.54) is 12.1 Å². The van der Waals surface area contributed by atoms with Crippen molar-refractivity contribution < 1.29 is 8.78 Å². The Labute approximate surface area is 113 Å². The van der Waals surface area contributed by atoms with E-state index in [1.54, 1.807) is 18.2 Å². The Kier molecular flexibility index (Phi) is 4.88. The van der Waals surface area contributed by atoms with Crippen LogP contribution in [0.3, 0.4) is 0 Å². The molecule has 0 amide bonds. The van der Waals surface area contributed by atoms with E-state index in [1.807, 2.05) is 0 Å². The fourth-order valence-electron chi connectivity index (χ4n) is 2.48. The van der Waals surface area contributed by atoms with Crippen LogP contribution >= 0.6 is 0 Å². The van der Waals surface area contributed by atoms with Crippen molar-refractivity contribution in [2.24, 2.45) is 5.92 Å². The van der Waals surface area contributed by atoms with E-state index in [9.17, 15) is 8.78 Å². The number of alkyl halides is 2. The third-order valence-electron chi connectivity index (χ3n) is 3.81. The van der Waals surface area contributed by atoms with E-state index in [4.69, 9.17) is 0 Å². The number of halogens is 2. The van der Waals surface area contributed by atoms with E-state index < -0.39 is 5.92 Å². The Morgan fingerprint density at radius 1 is 1.21 bits per heavy atom. The van der Waals surface area contributed by atoms with Gasteiger partial charge in [0.1, 0.15) is 0 Å². The lowest BCUT2D eigenvalue weighted by Crippen LogP contribution is -2.38. The molecule has 1 aromatic carbocycles. The molecule has 0 saturated carbocycles. The van der Waals surface area contributed by atoms with Crippen molar-refractivity contribution in [3.05, 3.63) is 35.9 Å². The van der Waals surface area contributed by atoms with Crippen LogP contribution in [0.4, 0.5) is 8.78 Å². The number of likely N-dealkylation sites (tertiary alicyclic amines) is 1. The molecule has 1 N–H and O–H groups in total. The molecule has 1 aliphatic heterocycles. The van der Waals surface area contributed by atoms with E-state index >= 15 is 0 Å². The summed E-state index contributed by atoms with van der Waals surface area (Å²) in [6.45, 7) is 2.56. The fraction of sp³-hybridized carbons (Fsp3) is 0.600. The number of hydrogen-bond acceptors (Lipinski definition) is 2. The molecule has 0 aliphatic carbocycles. The predicted octanol–water partition coefficient (Wildman–Crippen LogP) is 2.71.